The second-order valence-electron chi connectivity index (χ2n) is 8.37. The van der Waals surface area contributed by atoms with Gasteiger partial charge in [0.25, 0.3) is 0 Å². The van der Waals surface area contributed by atoms with Gasteiger partial charge in [0.2, 0.25) is 0 Å². The van der Waals surface area contributed by atoms with E-state index < -0.39 is 18.2 Å². The average molecular weight is 377 g/mol. The van der Waals surface area contributed by atoms with E-state index in [1.807, 2.05) is 38.2 Å². The number of hydrogen-bond acceptors (Lipinski definition) is 3. The van der Waals surface area contributed by atoms with Crippen molar-refractivity contribution in [2.75, 3.05) is 0 Å². The number of unbranched alkanes of at least 4 members (excludes halogenated alkanes) is 1. The number of rotatable bonds is 11. The first-order chi connectivity index (χ1) is 12.6. The summed E-state index contributed by atoms with van der Waals surface area (Å²) in [6.45, 7) is 8.20. The van der Waals surface area contributed by atoms with Gasteiger partial charge in [-0.3, -0.25) is 4.79 Å². The molecule has 0 bridgehead atoms. The van der Waals surface area contributed by atoms with Gasteiger partial charge in [-0.25, -0.2) is 0 Å². The molecule has 0 radical (unpaired) electrons. The SMILES string of the molecule is CC(C)=CCC(C)(C)[C@H](O)/C=C/[C@@H]1C(C/C=C\CCCC(=O)O)=CC[C@H]1O. The lowest BCUT2D eigenvalue weighted by Crippen LogP contribution is -2.27. The first-order valence-corrected chi connectivity index (χ1v) is 9.87. The number of aliphatic hydroxyl groups excluding tert-OH is 2. The Morgan fingerprint density at radius 1 is 1.33 bits per heavy atom. The van der Waals surface area contributed by atoms with E-state index in [0.29, 0.717) is 12.8 Å². The predicted molar refractivity (Wildman–Crippen MR) is 110 cm³/mol. The second-order valence-corrected chi connectivity index (χ2v) is 8.37. The van der Waals surface area contributed by atoms with Gasteiger partial charge in [0.15, 0.2) is 0 Å². The molecule has 4 heteroatoms. The molecule has 4 nitrogen and oxygen atoms in total. The fourth-order valence-corrected chi connectivity index (χ4v) is 3.05. The van der Waals surface area contributed by atoms with Crippen LogP contribution in [0.15, 0.2) is 47.6 Å². The molecule has 3 atom stereocenters. The van der Waals surface area contributed by atoms with Crippen LogP contribution >= 0.6 is 0 Å². The van der Waals surface area contributed by atoms with Crippen LogP contribution in [0.4, 0.5) is 0 Å². The van der Waals surface area contributed by atoms with Crippen LogP contribution in [0.25, 0.3) is 0 Å². The molecule has 3 N–H and O–H groups in total. The van der Waals surface area contributed by atoms with Crippen molar-refractivity contribution in [3.8, 4) is 0 Å². The summed E-state index contributed by atoms with van der Waals surface area (Å²) in [7, 11) is 0. The van der Waals surface area contributed by atoms with E-state index in [1.54, 1.807) is 0 Å². The average Bonchev–Trinajstić information content (AvgIpc) is 2.93. The maximum Gasteiger partial charge on any atom is 0.303 e. The third-order valence-corrected chi connectivity index (χ3v) is 5.08. The lowest BCUT2D eigenvalue weighted by molar-refractivity contribution is -0.137. The Labute approximate surface area is 164 Å². The molecule has 0 saturated carbocycles. The molecule has 0 unspecified atom stereocenters. The van der Waals surface area contributed by atoms with Gasteiger partial charge in [0, 0.05) is 12.3 Å². The molecule has 0 spiro atoms. The molecule has 1 rings (SSSR count). The van der Waals surface area contributed by atoms with Gasteiger partial charge in [0.1, 0.15) is 0 Å². The Balaban J connectivity index is 2.59. The van der Waals surface area contributed by atoms with Crippen molar-refractivity contribution in [1.29, 1.82) is 0 Å². The minimum absolute atomic E-state index is 0.0671. The molecule has 0 fully saturated rings. The highest BCUT2D eigenvalue weighted by Gasteiger charge is 2.28. The van der Waals surface area contributed by atoms with E-state index in [1.165, 1.54) is 5.57 Å². The van der Waals surface area contributed by atoms with E-state index in [2.05, 4.69) is 26.0 Å². The molecule has 152 valence electrons. The first-order valence-electron chi connectivity index (χ1n) is 9.87. The van der Waals surface area contributed by atoms with Gasteiger partial charge >= 0.3 is 5.97 Å². The highest BCUT2D eigenvalue weighted by molar-refractivity contribution is 5.66. The topological polar surface area (TPSA) is 77.8 Å². The summed E-state index contributed by atoms with van der Waals surface area (Å²) in [6.07, 6.45) is 14.8. The molecule has 0 aliphatic heterocycles. The van der Waals surface area contributed by atoms with Crippen molar-refractivity contribution in [2.45, 2.75) is 78.4 Å². The Bertz CT molecular complexity index is 591. The van der Waals surface area contributed by atoms with Gasteiger partial charge in [-0.05, 0) is 51.4 Å². The molecular formula is C23H36O4. The third-order valence-electron chi connectivity index (χ3n) is 5.08. The highest BCUT2D eigenvalue weighted by Crippen LogP contribution is 2.32. The first kappa shape index (κ1) is 23.4. The van der Waals surface area contributed by atoms with Crippen molar-refractivity contribution in [3.63, 3.8) is 0 Å². The summed E-state index contributed by atoms with van der Waals surface area (Å²) < 4.78 is 0. The number of carboxylic acids is 1. The monoisotopic (exact) mass is 376 g/mol. The zero-order valence-electron chi connectivity index (χ0n) is 17.2. The molecule has 0 amide bonds. The fourth-order valence-electron chi connectivity index (χ4n) is 3.05. The molecule has 0 aromatic heterocycles. The lowest BCUT2D eigenvalue weighted by Gasteiger charge is -2.28. The van der Waals surface area contributed by atoms with Crippen molar-refractivity contribution in [2.24, 2.45) is 11.3 Å². The van der Waals surface area contributed by atoms with E-state index >= 15 is 0 Å². The summed E-state index contributed by atoms with van der Waals surface area (Å²) in [5.41, 5.74) is 2.14. The summed E-state index contributed by atoms with van der Waals surface area (Å²) in [5, 5.41) is 29.5. The minimum atomic E-state index is -0.763. The van der Waals surface area contributed by atoms with Gasteiger partial charge in [-0.15, -0.1) is 0 Å². The summed E-state index contributed by atoms with van der Waals surface area (Å²) in [5.74, 6) is -0.830. The maximum absolute atomic E-state index is 10.6. The van der Waals surface area contributed by atoms with Crippen molar-refractivity contribution in [3.05, 3.63) is 47.6 Å². The normalized spacial score (nSPS) is 21.6. The van der Waals surface area contributed by atoms with Gasteiger partial charge in [-0.1, -0.05) is 61.4 Å². The van der Waals surface area contributed by atoms with Crippen molar-refractivity contribution < 1.29 is 20.1 Å². The van der Waals surface area contributed by atoms with E-state index in [9.17, 15) is 15.0 Å². The molecular weight excluding hydrogens is 340 g/mol. The summed E-state index contributed by atoms with van der Waals surface area (Å²) in [6, 6.07) is 0. The number of carbonyl (C=O) groups is 1. The van der Waals surface area contributed by atoms with E-state index in [-0.39, 0.29) is 17.8 Å². The van der Waals surface area contributed by atoms with Crippen LogP contribution in [0.5, 0.6) is 0 Å². The highest BCUT2D eigenvalue weighted by atomic mass is 16.4. The smallest absolute Gasteiger partial charge is 0.303 e. The van der Waals surface area contributed by atoms with Crippen LogP contribution in [0.2, 0.25) is 0 Å². The molecule has 27 heavy (non-hydrogen) atoms. The minimum Gasteiger partial charge on any atom is -0.481 e. The summed E-state index contributed by atoms with van der Waals surface area (Å²) in [4.78, 5) is 10.5. The van der Waals surface area contributed by atoms with Gasteiger partial charge in [0.05, 0.1) is 12.2 Å². The zero-order chi connectivity index (χ0) is 20.4. The van der Waals surface area contributed by atoms with Gasteiger partial charge < -0.3 is 15.3 Å². The van der Waals surface area contributed by atoms with Crippen LogP contribution < -0.4 is 0 Å². The molecule has 1 aliphatic carbocycles. The van der Waals surface area contributed by atoms with Crippen LogP contribution in [0.1, 0.15) is 66.2 Å². The standard InChI is InChI=1S/C23H36O4/c1-17(2)15-16-23(3,4)21(25)14-12-19-18(11-13-20(19)24)9-7-5-6-8-10-22(26)27/h5,7,11-12,14-15,19-21,24-25H,6,8-10,13,16H2,1-4H3,(H,26,27)/b7-5-,14-12+/t19-,20-,21-/m1/s1. The zero-order valence-corrected chi connectivity index (χ0v) is 17.2. The van der Waals surface area contributed by atoms with Crippen LogP contribution in [0, 0.1) is 11.3 Å². The van der Waals surface area contributed by atoms with Gasteiger partial charge in [-0.2, -0.15) is 0 Å². The quantitative estimate of drug-likeness (QED) is 0.358. The van der Waals surface area contributed by atoms with Crippen LogP contribution in [0.3, 0.4) is 0 Å². The third kappa shape index (κ3) is 8.72. The Morgan fingerprint density at radius 2 is 2.04 bits per heavy atom. The molecule has 0 saturated heterocycles. The number of aliphatic hydroxyl groups is 2. The van der Waals surface area contributed by atoms with Crippen LogP contribution in [-0.2, 0) is 4.79 Å². The Hall–Kier alpha value is -1.65. The second kappa shape index (κ2) is 11.3. The molecule has 1 aliphatic rings. The predicted octanol–water partition coefficient (Wildman–Crippen LogP) is 4.79. The summed E-state index contributed by atoms with van der Waals surface area (Å²) >= 11 is 0. The van der Waals surface area contributed by atoms with E-state index in [4.69, 9.17) is 5.11 Å². The number of hydrogen-bond donors (Lipinski definition) is 3. The Kier molecular flexibility index (Phi) is 9.75. The fraction of sp³-hybridized carbons (Fsp3) is 0.609. The van der Waals surface area contributed by atoms with Crippen molar-refractivity contribution >= 4 is 5.97 Å². The van der Waals surface area contributed by atoms with E-state index in [0.717, 1.165) is 24.8 Å². The Morgan fingerprint density at radius 3 is 2.67 bits per heavy atom. The van der Waals surface area contributed by atoms with Crippen LogP contribution in [-0.4, -0.2) is 33.5 Å². The molecule has 0 heterocycles. The number of aliphatic carboxylic acids is 1. The lowest BCUT2D eigenvalue weighted by atomic mass is 9.81. The molecule has 0 aromatic rings. The van der Waals surface area contributed by atoms with Crippen molar-refractivity contribution in [1.82, 2.24) is 0 Å². The number of allylic oxidation sites excluding steroid dienone is 4. The molecule has 0 aromatic carbocycles. The number of carboxylic acid groups (broad SMARTS) is 1. The maximum atomic E-state index is 10.6. The largest absolute Gasteiger partial charge is 0.481 e.